The first kappa shape index (κ1) is 20.9. The highest BCUT2D eigenvalue weighted by Crippen LogP contribution is 2.29. The Morgan fingerprint density at radius 3 is 2.72 bits per heavy atom. The average molecular weight is 443 g/mol. The minimum Gasteiger partial charge on any atom is -0.489 e. The molecule has 2 aromatic carbocycles. The molecule has 29 heavy (non-hydrogen) atoms. The van der Waals surface area contributed by atoms with E-state index < -0.39 is 12.5 Å². The fraction of sp³-hybridized carbons (Fsp3) is 0.158. The maximum atomic E-state index is 12.6. The maximum Gasteiger partial charge on any atom is 0.387 e. The van der Waals surface area contributed by atoms with Gasteiger partial charge in [-0.05, 0) is 43.3 Å². The zero-order chi connectivity index (χ0) is 21.0. The Morgan fingerprint density at radius 1 is 1.24 bits per heavy atom. The number of benzene rings is 2. The molecule has 3 aromatic rings. The van der Waals surface area contributed by atoms with Crippen LogP contribution in [0.2, 0.25) is 10.0 Å². The summed E-state index contributed by atoms with van der Waals surface area (Å²) in [5.41, 5.74) is 0.740. The van der Waals surface area contributed by atoms with Crippen molar-refractivity contribution in [3.63, 3.8) is 0 Å². The number of alkyl halides is 2. The summed E-state index contributed by atoms with van der Waals surface area (Å²) in [7, 11) is 0. The van der Waals surface area contributed by atoms with Crippen LogP contribution in [-0.4, -0.2) is 17.7 Å². The first-order chi connectivity index (χ1) is 13.8. The van der Waals surface area contributed by atoms with Crippen molar-refractivity contribution in [2.24, 2.45) is 0 Å². The van der Waals surface area contributed by atoms with Crippen LogP contribution in [0, 0.1) is 6.92 Å². The number of hydrogen-bond acceptors (Lipinski definition) is 5. The Balaban J connectivity index is 1.72. The van der Waals surface area contributed by atoms with E-state index >= 15 is 0 Å². The number of ether oxygens (including phenoxy) is 2. The van der Waals surface area contributed by atoms with Gasteiger partial charge < -0.3 is 19.3 Å². The number of aromatic nitrogens is 1. The van der Waals surface area contributed by atoms with Crippen LogP contribution in [0.4, 0.5) is 14.5 Å². The molecule has 0 aliphatic carbocycles. The van der Waals surface area contributed by atoms with Crippen LogP contribution in [0.5, 0.6) is 11.5 Å². The van der Waals surface area contributed by atoms with Crippen LogP contribution in [0.3, 0.4) is 0 Å². The molecule has 0 atom stereocenters. The van der Waals surface area contributed by atoms with Gasteiger partial charge in [0.2, 0.25) is 0 Å². The molecule has 0 bridgehead atoms. The summed E-state index contributed by atoms with van der Waals surface area (Å²) in [5, 5.41) is 6.78. The summed E-state index contributed by atoms with van der Waals surface area (Å²) in [5.74, 6) is 0.152. The molecule has 0 saturated heterocycles. The van der Waals surface area contributed by atoms with Gasteiger partial charge >= 0.3 is 6.61 Å². The van der Waals surface area contributed by atoms with Gasteiger partial charge in [0.25, 0.3) is 5.91 Å². The number of rotatable bonds is 7. The molecule has 1 N–H and O–H groups in total. The third kappa shape index (κ3) is 5.36. The Labute approximate surface area is 174 Å². The topological polar surface area (TPSA) is 73.6 Å². The van der Waals surface area contributed by atoms with E-state index in [1.807, 2.05) is 0 Å². The summed E-state index contributed by atoms with van der Waals surface area (Å²) >= 11 is 11.8. The highest BCUT2D eigenvalue weighted by Gasteiger charge is 2.21. The SMILES string of the molecule is Cc1onc(C(=O)Nc2ccc(OC(F)F)c(Cl)c2)c1COc1cccc(Cl)c1. The van der Waals surface area contributed by atoms with Gasteiger partial charge in [0.05, 0.1) is 10.6 Å². The number of amides is 1. The molecular weight excluding hydrogens is 429 g/mol. The van der Waals surface area contributed by atoms with Crippen molar-refractivity contribution < 1.29 is 27.6 Å². The van der Waals surface area contributed by atoms with Crippen molar-refractivity contribution in [2.75, 3.05) is 5.32 Å². The molecule has 1 aromatic heterocycles. The van der Waals surface area contributed by atoms with E-state index in [4.69, 9.17) is 32.5 Å². The maximum absolute atomic E-state index is 12.6. The monoisotopic (exact) mass is 442 g/mol. The summed E-state index contributed by atoms with van der Waals surface area (Å²) in [4.78, 5) is 12.6. The summed E-state index contributed by atoms with van der Waals surface area (Å²) in [6, 6.07) is 10.7. The summed E-state index contributed by atoms with van der Waals surface area (Å²) in [6.45, 7) is -1.33. The predicted molar refractivity (Wildman–Crippen MR) is 103 cm³/mol. The molecule has 0 fully saturated rings. The number of nitrogens with zero attached hydrogens (tertiary/aromatic N) is 1. The van der Waals surface area contributed by atoms with Crippen molar-refractivity contribution in [2.45, 2.75) is 20.1 Å². The Kier molecular flexibility index (Phi) is 6.56. The van der Waals surface area contributed by atoms with Gasteiger partial charge in [-0.1, -0.05) is 34.4 Å². The van der Waals surface area contributed by atoms with Crippen LogP contribution < -0.4 is 14.8 Å². The van der Waals surface area contributed by atoms with Gasteiger partial charge in [0.1, 0.15) is 23.9 Å². The van der Waals surface area contributed by atoms with Gasteiger partial charge in [-0.2, -0.15) is 8.78 Å². The minimum absolute atomic E-state index is 0.0218. The van der Waals surface area contributed by atoms with E-state index in [1.54, 1.807) is 31.2 Å². The van der Waals surface area contributed by atoms with Crippen LogP contribution in [-0.2, 0) is 6.61 Å². The zero-order valence-electron chi connectivity index (χ0n) is 14.9. The second kappa shape index (κ2) is 9.11. The second-order valence-corrected chi connectivity index (χ2v) is 6.63. The number of nitrogens with one attached hydrogen (secondary N) is 1. The van der Waals surface area contributed by atoms with E-state index in [1.165, 1.54) is 18.2 Å². The molecule has 10 heteroatoms. The molecule has 0 aliphatic rings. The van der Waals surface area contributed by atoms with Crippen molar-refractivity contribution in [1.82, 2.24) is 5.16 Å². The van der Waals surface area contributed by atoms with Crippen LogP contribution in [0.25, 0.3) is 0 Å². The third-order valence-corrected chi connectivity index (χ3v) is 4.32. The van der Waals surface area contributed by atoms with E-state index in [-0.39, 0.29) is 28.8 Å². The number of anilines is 1. The Morgan fingerprint density at radius 2 is 2.03 bits per heavy atom. The fourth-order valence-electron chi connectivity index (χ4n) is 2.41. The number of aryl methyl sites for hydroxylation is 1. The van der Waals surface area contributed by atoms with E-state index in [0.29, 0.717) is 22.1 Å². The van der Waals surface area contributed by atoms with Crippen LogP contribution >= 0.6 is 23.2 Å². The van der Waals surface area contributed by atoms with Gasteiger partial charge in [0, 0.05) is 10.7 Å². The molecule has 0 radical (unpaired) electrons. The van der Waals surface area contributed by atoms with Crippen molar-refractivity contribution in [3.8, 4) is 11.5 Å². The first-order valence-corrected chi connectivity index (χ1v) is 8.98. The normalized spacial score (nSPS) is 10.8. The lowest BCUT2D eigenvalue weighted by Gasteiger charge is -2.10. The number of hydrogen-bond donors (Lipinski definition) is 1. The number of carbonyl (C=O) groups is 1. The molecule has 0 saturated carbocycles. The van der Waals surface area contributed by atoms with Crippen LogP contribution in [0.15, 0.2) is 47.0 Å². The highest BCUT2D eigenvalue weighted by atomic mass is 35.5. The lowest BCUT2D eigenvalue weighted by atomic mass is 10.2. The summed E-state index contributed by atoms with van der Waals surface area (Å²) < 4.78 is 39.6. The third-order valence-electron chi connectivity index (χ3n) is 3.78. The molecule has 1 heterocycles. The van der Waals surface area contributed by atoms with Gasteiger partial charge in [0.15, 0.2) is 5.69 Å². The molecule has 0 unspecified atom stereocenters. The van der Waals surface area contributed by atoms with Crippen LogP contribution in [0.1, 0.15) is 21.8 Å². The van der Waals surface area contributed by atoms with Gasteiger partial charge in [-0.25, -0.2) is 0 Å². The molecular formula is C19H14Cl2F2N2O4. The molecule has 0 aliphatic heterocycles. The van der Waals surface area contributed by atoms with Gasteiger partial charge in [-0.3, -0.25) is 4.79 Å². The minimum atomic E-state index is -3.01. The fourth-order valence-corrected chi connectivity index (χ4v) is 2.82. The van der Waals surface area contributed by atoms with Gasteiger partial charge in [-0.15, -0.1) is 0 Å². The molecule has 3 rings (SSSR count). The second-order valence-electron chi connectivity index (χ2n) is 5.79. The lowest BCUT2D eigenvalue weighted by Crippen LogP contribution is -2.15. The Hall–Kier alpha value is -2.84. The van der Waals surface area contributed by atoms with E-state index in [9.17, 15) is 13.6 Å². The largest absolute Gasteiger partial charge is 0.489 e. The average Bonchev–Trinajstić information content (AvgIpc) is 3.03. The number of carbonyl (C=O) groups excluding carboxylic acids is 1. The number of halogens is 4. The molecule has 1 amide bonds. The van der Waals surface area contributed by atoms with Crippen molar-refractivity contribution in [1.29, 1.82) is 0 Å². The van der Waals surface area contributed by atoms with E-state index in [0.717, 1.165) is 0 Å². The lowest BCUT2D eigenvalue weighted by molar-refractivity contribution is -0.0497. The highest BCUT2D eigenvalue weighted by molar-refractivity contribution is 6.32. The first-order valence-electron chi connectivity index (χ1n) is 8.22. The Bertz CT molecular complexity index is 1030. The van der Waals surface area contributed by atoms with Crippen molar-refractivity contribution in [3.05, 3.63) is 69.5 Å². The zero-order valence-corrected chi connectivity index (χ0v) is 16.4. The van der Waals surface area contributed by atoms with E-state index in [2.05, 4.69) is 15.2 Å². The predicted octanol–water partition coefficient (Wildman–Crippen LogP) is 5.72. The smallest absolute Gasteiger partial charge is 0.387 e. The standard InChI is InChI=1S/C19H14Cl2F2N2O4/c1-10-14(9-27-13-4-2-3-11(20)7-13)17(25-29-10)18(26)24-12-5-6-16(15(21)8-12)28-19(22)23/h2-8,19H,9H2,1H3,(H,24,26). The molecule has 0 spiro atoms. The quantitative estimate of drug-likeness (QED) is 0.506. The molecule has 6 nitrogen and oxygen atoms in total. The summed E-state index contributed by atoms with van der Waals surface area (Å²) in [6.07, 6.45) is 0. The molecule has 152 valence electrons. The van der Waals surface area contributed by atoms with Crippen molar-refractivity contribution >= 4 is 34.8 Å².